The summed E-state index contributed by atoms with van der Waals surface area (Å²) in [5.41, 5.74) is 0.720. The molecule has 0 spiro atoms. The Balaban J connectivity index is 2.01. The maximum Gasteiger partial charge on any atom is 0.256 e. The van der Waals surface area contributed by atoms with Gasteiger partial charge in [0.25, 0.3) is 11.9 Å². The standard InChI is InChI=1S/C18H17BrFN5O/c1-18(2,3)14-10-15(25(24-14)17-21-5-4-6-22-17)23-16(26)11-7-12(19)9-13(20)8-11/h4-10H,1-3H3,(H,23,26). The van der Waals surface area contributed by atoms with Crippen LogP contribution < -0.4 is 5.32 Å². The maximum atomic E-state index is 13.6. The quantitative estimate of drug-likeness (QED) is 0.695. The van der Waals surface area contributed by atoms with Gasteiger partial charge in [-0.15, -0.1) is 0 Å². The van der Waals surface area contributed by atoms with Gasteiger partial charge in [0.2, 0.25) is 0 Å². The molecule has 2 aromatic heterocycles. The molecular weight excluding hydrogens is 401 g/mol. The highest BCUT2D eigenvalue weighted by Gasteiger charge is 2.22. The lowest BCUT2D eigenvalue weighted by Crippen LogP contribution is -2.16. The van der Waals surface area contributed by atoms with Gasteiger partial charge in [0.1, 0.15) is 11.6 Å². The Labute approximate surface area is 158 Å². The van der Waals surface area contributed by atoms with Crippen molar-refractivity contribution in [1.82, 2.24) is 19.7 Å². The number of halogens is 2. The largest absolute Gasteiger partial charge is 0.306 e. The second-order valence-electron chi connectivity index (χ2n) is 6.74. The predicted octanol–water partition coefficient (Wildman–Crippen LogP) is 4.11. The molecule has 0 aliphatic heterocycles. The molecule has 0 aliphatic carbocycles. The highest BCUT2D eigenvalue weighted by atomic mass is 79.9. The zero-order valence-electron chi connectivity index (χ0n) is 14.5. The number of nitrogens with one attached hydrogen (secondary N) is 1. The summed E-state index contributed by atoms with van der Waals surface area (Å²) >= 11 is 3.19. The van der Waals surface area contributed by atoms with Gasteiger partial charge in [-0.05, 0) is 24.3 Å². The van der Waals surface area contributed by atoms with E-state index in [-0.39, 0.29) is 11.0 Å². The summed E-state index contributed by atoms with van der Waals surface area (Å²) in [4.78, 5) is 20.9. The molecule has 1 amide bonds. The Bertz CT molecular complexity index is 930. The second-order valence-corrected chi connectivity index (χ2v) is 7.65. The summed E-state index contributed by atoms with van der Waals surface area (Å²) in [5, 5.41) is 7.29. The normalized spacial score (nSPS) is 11.4. The summed E-state index contributed by atoms with van der Waals surface area (Å²) in [6, 6.07) is 7.46. The van der Waals surface area contributed by atoms with Crippen molar-refractivity contribution in [3.8, 4) is 5.95 Å². The van der Waals surface area contributed by atoms with Crippen molar-refractivity contribution in [3.05, 3.63) is 64.3 Å². The zero-order chi connectivity index (χ0) is 18.9. The van der Waals surface area contributed by atoms with Crippen LogP contribution >= 0.6 is 15.9 Å². The number of rotatable bonds is 3. The van der Waals surface area contributed by atoms with Gasteiger partial charge in [0.15, 0.2) is 0 Å². The number of hydrogen-bond donors (Lipinski definition) is 1. The third-order valence-electron chi connectivity index (χ3n) is 3.59. The summed E-state index contributed by atoms with van der Waals surface area (Å²) in [7, 11) is 0. The molecule has 0 bridgehead atoms. The third kappa shape index (κ3) is 3.96. The Morgan fingerprint density at radius 1 is 1.15 bits per heavy atom. The molecule has 3 aromatic rings. The van der Waals surface area contributed by atoms with Crippen LogP contribution in [0.1, 0.15) is 36.8 Å². The number of hydrogen-bond acceptors (Lipinski definition) is 4. The van der Waals surface area contributed by atoms with E-state index >= 15 is 0 Å². The van der Waals surface area contributed by atoms with E-state index in [0.29, 0.717) is 16.2 Å². The summed E-state index contributed by atoms with van der Waals surface area (Å²) in [5.74, 6) is -0.215. The average molecular weight is 418 g/mol. The average Bonchev–Trinajstić information content (AvgIpc) is 2.99. The highest BCUT2D eigenvalue weighted by Crippen LogP contribution is 2.26. The molecule has 0 aliphatic rings. The van der Waals surface area contributed by atoms with Crippen LogP contribution in [0.5, 0.6) is 0 Å². The second kappa shape index (κ2) is 6.95. The van der Waals surface area contributed by atoms with Crippen molar-refractivity contribution in [1.29, 1.82) is 0 Å². The van der Waals surface area contributed by atoms with Gasteiger partial charge in [-0.25, -0.2) is 14.4 Å². The predicted molar refractivity (Wildman–Crippen MR) is 99.9 cm³/mol. The van der Waals surface area contributed by atoms with E-state index in [1.165, 1.54) is 16.8 Å². The van der Waals surface area contributed by atoms with E-state index in [2.05, 4.69) is 36.3 Å². The Morgan fingerprint density at radius 3 is 2.46 bits per heavy atom. The summed E-state index contributed by atoms with van der Waals surface area (Å²) < 4.78 is 15.5. The first-order valence-corrected chi connectivity index (χ1v) is 8.69. The smallest absolute Gasteiger partial charge is 0.256 e. The number of carbonyl (C=O) groups excluding carboxylic acids is 1. The van der Waals surface area contributed by atoms with Crippen molar-refractivity contribution in [2.45, 2.75) is 26.2 Å². The molecule has 0 saturated carbocycles. The molecular formula is C18H17BrFN5O. The first kappa shape index (κ1) is 18.2. The highest BCUT2D eigenvalue weighted by molar-refractivity contribution is 9.10. The number of anilines is 1. The Hall–Kier alpha value is -2.61. The van der Waals surface area contributed by atoms with E-state index in [0.717, 1.165) is 5.69 Å². The summed E-state index contributed by atoms with van der Waals surface area (Å²) in [6.07, 6.45) is 3.19. The number of aromatic nitrogens is 4. The minimum absolute atomic E-state index is 0.191. The van der Waals surface area contributed by atoms with Crippen LogP contribution in [0.2, 0.25) is 0 Å². The molecule has 2 heterocycles. The maximum absolute atomic E-state index is 13.6. The fourth-order valence-electron chi connectivity index (χ4n) is 2.26. The van der Waals surface area contributed by atoms with Gasteiger partial charge >= 0.3 is 0 Å². The fraction of sp³-hybridized carbons (Fsp3) is 0.222. The van der Waals surface area contributed by atoms with Gasteiger partial charge in [-0.3, -0.25) is 4.79 Å². The van der Waals surface area contributed by atoms with Crippen molar-refractivity contribution in [3.63, 3.8) is 0 Å². The third-order valence-corrected chi connectivity index (χ3v) is 4.04. The Morgan fingerprint density at radius 2 is 1.85 bits per heavy atom. The van der Waals surface area contributed by atoms with Crippen LogP contribution in [0.25, 0.3) is 5.95 Å². The fourth-order valence-corrected chi connectivity index (χ4v) is 2.73. The molecule has 1 aromatic carbocycles. The van der Waals surface area contributed by atoms with Crippen LogP contribution in [0.3, 0.4) is 0 Å². The molecule has 0 fully saturated rings. The molecule has 3 rings (SSSR count). The van der Waals surface area contributed by atoms with E-state index < -0.39 is 11.7 Å². The number of amides is 1. The van der Waals surface area contributed by atoms with Crippen LogP contribution in [0.15, 0.2) is 47.2 Å². The zero-order valence-corrected chi connectivity index (χ0v) is 16.1. The van der Waals surface area contributed by atoms with Crippen LogP contribution in [0, 0.1) is 5.82 Å². The van der Waals surface area contributed by atoms with E-state index in [1.807, 2.05) is 20.8 Å². The van der Waals surface area contributed by atoms with E-state index in [4.69, 9.17) is 0 Å². The van der Waals surface area contributed by atoms with Crippen LogP contribution in [-0.2, 0) is 5.41 Å². The molecule has 0 unspecified atom stereocenters. The lowest BCUT2D eigenvalue weighted by molar-refractivity contribution is 0.102. The lowest BCUT2D eigenvalue weighted by atomic mass is 9.92. The first-order valence-electron chi connectivity index (χ1n) is 7.89. The molecule has 6 nitrogen and oxygen atoms in total. The summed E-state index contributed by atoms with van der Waals surface area (Å²) in [6.45, 7) is 6.04. The monoisotopic (exact) mass is 417 g/mol. The molecule has 8 heteroatoms. The Kier molecular flexibility index (Phi) is 4.86. The topological polar surface area (TPSA) is 72.7 Å². The molecule has 0 radical (unpaired) electrons. The van der Waals surface area contributed by atoms with Gasteiger partial charge in [0, 0.05) is 33.9 Å². The minimum atomic E-state index is -0.500. The van der Waals surface area contributed by atoms with Crippen molar-refractivity contribution < 1.29 is 9.18 Å². The van der Waals surface area contributed by atoms with E-state index in [9.17, 15) is 9.18 Å². The molecule has 26 heavy (non-hydrogen) atoms. The van der Waals surface area contributed by atoms with Crippen LogP contribution in [0.4, 0.5) is 10.2 Å². The van der Waals surface area contributed by atoms with Gasteiger partial charge in [-0.1, -0.05) is 36.7 Å². The minimum Gasteiger partial charge on any atom is -0.306 e. The molecule has 0 saturated heterocycles. The van der Waals surface area contributed by atoms with Crippen molar-refractivity contribution in [2.75, 3.05) is 5.32 Å². The van der Waals surface area contributed by atoms with Crippen molar-refractivity contribution in [2.24, 2.45) is 0 Å². The van der Waals surface area contributed by atoms with Gasteiger partial charge in [0.05, 0.1) is 5.69 Å². The number of carbonyl (C=O) groups is 1. The molecule has 134 valence electrons. The number of benzene rings is 1. The molecule has 1 N–H and O–H groups in total. The first-order chi connectivity index (χ1) is 12.2. The lowest BCUT2D eigenvalue weighted by Gasteiger charge is -2.13. The molecule has 0 atom stereocenters. The van der Waals surface area contributed by atoms with Crippen molar-refractivity contribution >= 4 is 27.7 Å². The van der Waals surface area contributed by atoms with Gasteiger partial charge in [-0.2, -0.15) is 9.78 Å². The van der Waals surface area contributed by atoms with Gasteiger partial charge < -0.3 is 5.32 Å². The van der Waals surface area contributed by atoms with E-state index in [1.54, 1.807) is 30.6 Å². The number of nitrogens with zero attached hydrogens (tertiary/aromatic N) is 4. The SMILES string of the molecule is CC(C)(C)c1cc(NC(=O)c2cc(F)cc(Br)c2)n(-c2ncccn2)n1. The van der Waals surface area contributed by atoms with Crippen LogP contribution in [-0.4, -0.2) is 25.7 Å².